The van der Waals surface area contributed by atoms with Gasteiger partial charge in [-0.25, -0.2) is 0 Å². The molecular weight excluding hydrogens is 608 g/mol. The van der Waals surface area contributed by atoms with Crippen molar-refractivity contribution in [2.75, 3.05) is 6.61 Å². The summed E-state index contributed by atoms with van der Waals surface area (Å²) in [6.45, 7) is 4.25. The van der Waals surface area contributed by atoms with Crippen molar-refractivity contribution in [2.45, 2.75) is 19.3 Å². The summed E-state index contributed by atoms with van der Waals surface area (Å²) in [6.07, 6.45) is 0. The molecule has 1 rings (SSSR count). The van der Waals surface area contributed by atoms with Crippen LogP contribution >= 0.6 is 54.1 Å². The van der Waals surface area contributed by atoms with Gasteiger partial charge >= 0.3 is 63.3 Å². The van der Waals surface area contributed by atoms with Crippen LogP contribution in [-0.4, -0.2) is 11.7 Å². The minimum absolute atomic E-state index is 0.110. The Kier molecular flexibility index (Phi) is 10.6. The number of hydrogen-bond acceptors (Lipinski definition) is 1. The Morgan fingerprint density at radius 1 is 1.13 bits per heavy atom. The molecule has 0 unspecified atom stereocenters. The molecule has 1 N–H and O–H groups in total. The summed E-state index contributed by atoms with van der Waals surface area (Å²) in [7, 11) is -0.633. The zero-order valence-electron chi connectivity index (χ0n) is 8.67. The van der Waals surface area contributed by atoms with Crippen LogP contribution < -0.4 is 0 Å². The first-order chi connectivity index (χ1) is 6.90. The summed E-state index contributed by atoms with van der Waals surface area (Å²) in [5.41, 5.74) is 1.07. The van der Waals surface area contributed by atoms with E-state index in [0.29, 0.717) is 0 Å². The molecule has 1 aromatic carbocycles. The fourth-order valence-corrected chi connectivity index (χ4v) is 0.981. The van der Waals surface area contributed by atoms with E-state index >= 15 is 0 Å². The van der Waals surface area contributed by atoms with Gasteiger partial charge in [0.2, 0.25) is 0 Å². The maximum absolute atomic E-state index is 9.05. The summed E-state index contributed by atoms with van der Waals surface area (Å²) in [6, 6.07) is 10.0. The molecule has 0 aliphatic carbocycles. The summed E-state index contributed by atoms with van der Waals surface area (Å²) in [4.78, 5) is 0. The number of benzene rings is 1. The van der Waals surface area contributed by atoms with E-state index in [4.69, 9.17) is 5.11 Å². The average molecular weight is 622 g/mol. The normalized spacial score (nSPS) is 10.3. The third-order valence-electron chi connectivity index (χ3n) is 1.95. The molecule has 0 heterocycles. The van der Waals surface area contributed by atoms with Gasteiger partial charge in [-0.3, -0.25) is 0 Å². The Hall–Kier alpha value is 2.25. The minimum atomic E-state index is -0.633. The van der Waals surface area contributed by atoms with Gasteiger partial charge in [0.1, 0.15) is 0 Å². The second-order valence-electron chi connectivity index (χ2n) is 3.62. The van der Waals surface area contributed by atoms with Crippen molar-refractivity contribution in [3.05, 3.63) is 35.9 Å². The third kappa shape index (κ3) is 8.91. The summed E-state index contributed by atoms with van der Waals surface area (Å²) in [5, 5.41) is 9.05. The van der Waals surface area contributed by atoms with Crippen molar-refractivity contribution in [3.63, 3.8) is 0 Å². The number of rotatable bonds is 2. The molecule has 0 spiro atoms. The van der Waals surface area contributed by atoms with Crippen molar-refractivity contribution in [1.82, 2.24) is 0 Å². The van der Waals surface area contributed by atoms with Gasteiger partial charge in [0.15, 0.2) is 0 Å². The van der Waals surface area contributed by atoms with Gasteiger partial charge in [0.25, 0.3) is 0 Å². The van der Waals surface area contributed by atoms with Crippen LogP contribution in [0.2, 0.25) is 0 Å². The fraction of sp³-hybridized carbons (Fsp3) is 0.400. The molecule has 0 saturated heterocycles. The van der Waals surface area contributed by atoms with Crippen molar-refractivity contribution >= 4 is 54.1 Å². The van der Waals surface area contributed by atoms with E-state index < -0.39 is 9.18 Å². The molecular formula is C10H14I3OZr. The van der Waals surface area contributed by atoms with E-state index in [0.717, 1.165) is 0 Å². The van der Waals surface area contributed by atoms with Crippen LogP contribution in [0.1, 0.15) is 19.4 Å². The second kappa shape index (κ2) is 9.22. The monoisotopic (exact) mass is 621 g/mol. The second-order valence-corrected chi connectivity index (χ2v) is 60.5. The van der Waals surface area contributed by atoms with Gasteiger partial charge in [0.05, 0.1) is 6.61 Å². The number of hydrogen-bond donors (Lipinski definition) is 1. The maximum atomic E-state index is 9.05. The molecule has 0 amide bonds. The third-order valence-corrected chi connectivity index (χ3v) is 1.95. The quantitative estimate of drug-likeness (QED) is 0.479. The zero-order valence-corrected chi connectivity index (χ0v) is 17.6. The van der Waals surface area contributed by atoms with E-state index in [9.17, 15) is 0 Å². The molecule has 0 radical (unpaired) electrons. The molecule has 5 heteroatoms. The van der Waals surface area contributed by atoms with E-state index in [1.807, 2.05) is 44.2 Å². The van der Waals surface area contributed by atoms with Crippen LogP contribution in [0.25, 0.3) is 0 Å². The van der Waals surface area contributed by atoms with Gasteiger partial charge in [-0.15, -0.1) is 0 Å². The average Bonchev–Trinajstić information content (AvgIpc) is 2.18. The molecule has 1 aromatic rings. The molecule has 0 fully saturated rings. The van der Waals surface area contributed by atoms with Crippen LogP contribution in [0.15, 0.2) is 30.3 Å². The molecule has 1 nitrogen and oxygen atoms in total. The first-order valence-corrected chi connectivity index (χ1v) is 26.3. The molecule has 0 aliphatic heterocycles. The Morgan fingerprint density at radius 3 is 1.87 bits per heavy atom. The Morgan fingerprint density at radius 2 is 1.53 bits per heavy atom. The van der Waals surface area contributed by atoms with Crippen LogP contribution in [0.4, 0.5) is 0 Å². The molecule has 0 atom stereocenters. The van der Waals surface area contributed by atoms with E-state index in [2.05, 4.69) is 54.1 Å². The van der Waals surface area contributed by atoms with Gasteiger partial charge in [-0.1, -0.05) is 44.2 Å². The predicted molar refractivity (Wildman–Crippen MR) is 88.6 cm³/mol. The van der Waals surface area contributed by atoms with Crippen molar-refractivity contribution < 1.29 is 14.3 Å². The van der Waals surface area contributed by atoms with Crippen LogP contribution in [0, 0.1) is 0 Å². The number of aliphatic hydroxyl groups excluding tert-OH is 1. The number of halogens is 3. The summed E-state index contributed by atoms with van der Waals surface area (Å²) < 4.78 is 0. The Bertz CT molecular complexity index is 262. The van der Waals surface area contributed by atoms with Crippen LogP contribution in [0.3, 0.4) is 0 Å². The summed E-state index contributed by atoms with van der Waals surface area (Å²) in [5.74, 6) is 0. The van der Waals surface area contributed by atoms with E-state index in [1.165, 1.54) is 5.56 Å². The molecule has 0 aliphatic rings. The first kappa shape index (κ1) is 17.3. The number of aliphatic hydroxyl groups is 1. The SMILES string of the molecule is CC(C)(CO)c1ccccc1.[I][Zr]([I])[I]. The van der Waals surface area contributed by atoms with Crippen LogP contribution in [0.5, 0.6) is 0 Å². The van der Waals surface area contributed by atoms with Crippen molar-refractivity contribution in [1.29, 1.82) is 0 Å². The molecule has 85 valence electrons. The summed E-state index contributed by atoms with van der Waals surface area (Å²) >= 11 is 7.54. The molecule has 0 saturated carbocycles. The van der Waals surface area contributed by atoms with Crippen LogP contribution in [-0.2, 0) is 14.6 Å². The molecule has 0 aromatic heterocycles. The molecule has 15 heavy (non-hydrogen) atoms. The Labute approximate surface area is 128 Å². The van der Waals surface area contributed by atoms with E-state index in [-0.39, 0.29) is 12.0 Å². The van der Waals surface area contributed by atoms with Gasteiger partial charge in [-0.2, -0.15) is 0 Å². The fourth-order valence-electron chi connectivity index (χ4n) is 0.981. The first-order valence-electron chi connectivity index (χ1n) is 4.40. The van der Waals surface area contributed by atoms with Gasteiger partial charge in [-0.05, 0) is 5.56 Å². The van der Waals surface area contributed by atoms with E-state index in [1.54, 1.807) is 0 Å². The standard InChI is InChI=1S/C10H14O.3HI.Zr/c1-10(2,8-11)9-6-4-3-5-7-9;;;;/h3-7,11H,8H2,1-2H3;3*1H;/q;;;;+3/p-3. The Balaban J connectivity index is 0.000000423. The predicted octanol–water partition coefficient (Wildman–Crippen LogP) is 4.61. The van der Waals surface area contributed by atoms with Gasteiger partial charge in [0, 0.05) is 5.41 Å². The van der Waals surface area contributed by atoms with Crippen molar-refractivity contribution in [2.24, 2.45) is 0 Å². The van der Waals surface area contributed by atoms with Gasteiger partial charge < -0.3 is 5.11 Å². The molecule has 0 bridgehead atoms. The zero-order chi connectivity index (χ0) is 11.9. The topological polar surface area (TPSA) is 20.2 Å². The van der Waals surface area contributed by atoms with Crippen molar-refractivity contribution in [3.8, 4) is 0 Å².